The van der Waals surface area contributed by atoms with Crippen molar-refractivity contribution in [1.29, 1.82) is 0 Å². The number of nitrogens with one attached hydrogen (secondary N) is 1. The summed E-state index contributed by atoms with van der Waals surface area (Å²) >= 11 is 0. The van der Waals surface area contributed by atoms with E-state index in [-0.39, 0.29) is 0 Å². The fraction of sp³-hybridized carbons (Fsp3) is 0.588. The average molecular weight is 286 g/mol. The minimum absolute atomic E-state index is 0.387. The second kappa shape index (κ2) is 6.37. The number of nitrogens with two attached hydrogens (primary N) is 1. The summed E-state index contributed by atoms with van der Waals surface area (Å²) in [6.45, 7) is 5.05. The van der Waals surface area contributed by atoms with E-state index in [0.717, 1.165) is 32.0 Å². The first-order valence-electron chi connectivity index (χ1n) is 8.12. The molecule has 1 aromatic carbocycles. The van der Waals surface area contributed by atoms with Crippen LogP contribution >= 0.6 is 0 Å². The van der Waals surface area contributed by atoms with Crippen molar-refractivity contribution < 1.29 is 0 Å². The van der Waals surface area contributed by atoms with Gasteiger partial charge in [0.05, 0.1) is 6.54 Å². The maximum absolute atomic E-state index is 5.96. The number of para-hydroxylation sites is 1. The van der Waals surface area contributed by atoms with Crippen LogP contribution < -0.4 is 16.0 Å². The Hall–Kier alpha value is -1.71. The predicted molar refractivity (Wildman–Crippen MR) is 88.8 cm³/mol. The summed E-state index contributed by atoms with van der Waals surface area (Å²) in [7, 11) is 0. The zero-order valence-electron chi connectivity index (χ0n) is 12.9. The summed E-state index contributed by atoms with van der Waals surface area (Å²) in [4.78, 5) is 6.96. The number of fused-ring (bicyclic) bond motifs is 1. The molecule has 0 aromatic heterocycles. The van der Waals surface area contributed by atoms with Crippen LogP contribution in [0.4, 0.5) is 5.69 Å². The molecule has 0 amide bonds. The van der Waals surface area contributed by atoms with E-state index in [0.29, 0.717) is 12.0 Å². The molecule has 0 saturated heterocycles. The summed E-state index contributed by atoms with van der Waals surface area (Å²) in [6, 6.07) is 9.05. The van der Waals surface area contributed by atoms with Gasteiger partial charge >= 0.3 is 0 Å². The molecule has 21 heavy (non-hydrogen) atoms. The molecule has 1 heterocycles. The van der Waals surface area contributed by atoms with Gasteiger partial charge in [-0.2, -0.15) is 0 Å². The molecule has 1 fully saturated rings. The van der Waals surface area contributed by atoms with E-state index in [1.54, 1.807) is 0 Å². The molecule has 1 unspecified atom stereocenters. The number of guanidine groups is 1. The number of rotatable bonds is 5. The Kier molecular flexibility index (Phi) is 4.32. The molecular weight excluding hydrogens is 260 g/mol. The van der Waals surface area contributed by atoms with Crippen molar-refractivity contribution in [2.75, 3.05) is 24.5 Å². The quantitative estimate of drug-likeness (QED) is 0.644. The molecule has 4 heteroatoms. The maximum Gasteiger partial charge on any atom is 0.188 e. The van der Waals surface area contributed by atoms with Crippen molar-refractivity contribution >= 4 is 11.6 Å². The van der Waals surface area contributed by atoms with Crippen molar-refractivity contribution in [3.63, 3.8) is 0 Å². The molecule has 1 saturated carbocycles. The fourth-order valence-corrected chi connectivity index (χ4v) is 3.15. The van der Waals surface area contributed by atoms with Crippen molar-refractivity contribution in [1.82, 2.24) is 5.32 Å². The Labute approximate surface area is 127 Å². The van der Waals surface area contributed by atoms with E-state index in [1.165, 1.54) is 30.5 Å². The van der Waals surface area contributed by atoms with Crippen molar-refractivity contribution in [2.24, 2.45) is 16.6 Å². The molecule has 1 aromatic rings. The lowest BCUT2D eigenvalue weighted by Gasteiger charge is -2.27. The first-order chi connectivity index (χ1) is 10.2. The summed E-state index contributed by atoms with van der Waals surface area (Å²) in [5, 5.41) is 3.26. The summed E-state index contributed by atoms with van der Waals surface area (Å²) in [5.41, 5.74) is 8.77. The fourth-order valence-electron chi connectivity index (χ4n) is 3.15. The van der Waals surface area contributed by atoms with Crippen LogP contribution in [-0.4, -0.2) is 31.6 Å². The van der Waals surface area contributed by atoms with E-state index in [1.807, 2.05) is 0 Å². The molecule has 0 spiro atoms. The van der Waals surface area contributed by atoms with Gasteiger partial charge in [0.25, 0.3) is 0 Å². The van der Waals surface area contributed by atoms with Crippen LogP contribution in [0.5, 0.6) is 0 Å². The molecule has 1 atom stereocenters. The van der Waals surface area contributed by atoms with Gasteiger partial charge in [-0.3, -0.25) is 4.99 Å². The van der Waals surface area contributed by atoms with Gasteiger partial charge in [-0.25, -0.2) is 0 Å². The topological polar surface area (TPSA) is 53.6 Å². The van der Waals surface area contributed by atoms with Crippen LogP contribution in [0.1, 0.15) is 31.7 Å². The van der Waals surface area contributed by atoms with Crippen LogP contribution in [0.3, 0.4) is 0 Å². The second-order valence-corrected chi connectivity index (χ2v) is 6.32. The second-order valence-electron chi connectivity index (χ2n) is 6.32. The highest BCUT2D eigenvalue weighted by Gasteiger charge is 2.22. The Morgan fingerprint density at radius 2 is 2.24 bits per heavy atom. The largest absolute Gasteiger partial charge is 0.370 e. The molecule has 4 nitrogen and oxygen atoms in total. The van der Waals surface area contributed by atoms with Crippen molar-refractivity contribution in [3.05, 3.63) is 29.8 Å². The highest BCUT2D eigenvalue weighted by Crippen LogP contribution is 2.29. The standard InChI is InChI=1S/C17H26N4/c1-13(11-19-17(18)20-12-14-5-4-6-14)21-10-9-15-7-2-3-8-16(15)21/h2-3,7-8,13-14H,4-6,9-12H2,1H3,(H3,18,19,20). The highest BCUT2D eigenvalue weighted by molar-refractivity contribution is 5.77. The van der Waals surface area contributed by atoms with E-state index < -0.39 is 0 Å². The Bertz CT molecular complexity index is 507. The van der Waals surface area contributed by atoms with Gasteiger partial charge in [-0.05, 0) is 43.7 Å². The van der Waals surface area contributed by atoms with Crippen molar-refractivity contribution in [3.8, 4) is 0 Å². The van der Waals surface area contributed by atoms with E-state index >= 15 is 0 Å². The molecule has 2 aliphatic rings. The van der Waals surface area contributed by atoms with E-state index in [2.05, 4.69) is 46.4 Å². The predicted octanol–water partition coefficient (Wildman–Crippen LogP) is 2.14. The van der Waals surface area contributed by atoms with Crippen LogP contribution in [0.2, 0.25) is 0 Å². The third-order valence-corrected chi connectivity index (χ3v) is 4.78. The monoisotopic (exact) mass is 286 g/mol. The zero-order valence-corrected chi connectivity index (χ0v) is 12.9. The van der Waals surface area contributed by atoms with Crippen LogP contribution in [0, 0.1) is 5.92 Å². The smallest absolute Gasteiger partial charge is 0.188 e. The average Bonchev–Trinajstić information content (AvgIpc) is 2.87. The number of nitrogens with zero attached hydrogens (tertiary/aromatic N) is 2. The number of hydrogen-bond donors (Lipinski definition) is 2. The molecule has 3 rings (SSSR count). The third-order valence-electron chi connectivity index (χ3n) is 4.78. The Morgan fingerprint density at radius 1 is 1.43 bits per heavy atom. The third kappa shape index (κ3) is 3.31. The van der Waals surface area contributed by atoms with Gasteiger partial charge in [-0.15, -0.1) is 0 Å². The number of anilines is 1. The number of aliphatic imine (C=N–C) groups is 1. The lowest BCUT2D eigenvalue weighted by Crippen LogP contribution is -2.39. The van der Waals surface area contributed by atoms with Crippen LogP contribution in [0.25, 0.3) is 0 Å². The molecule has 114 valence electrons. The Balaban J connectivity index is 1.50. The number of hydrogen-bond acceptors (Lipinski definition) is 2. The molecule has 0 radical (unpaired) electrons. The van der Waals surface area contributed by atoms with Crippen LogP contribution in [-0.2, 0) is 6.42 Å². The molecule has 0 bridgehead atoms. The first kappa shape index (κ1) is 14.2. The van der Waals surface area contributed by atoms with E-state index in [4.69, 9.17) is 5.73 Å². The summed E-state index contributed by atoms with van der Waals surface area (Å²) in [5.74, 6) is 1.41. The van der Waals surface area contributed by atoms with Crippen LogP contribution in [0.15, 0.2) is 29.3 Å². The van der Waals surface area contributed by atoms with Gasteiger partial charge in [-0.1, -0.05) is 24.6 Å². The van der Waals surface area contributed by atoms with Crippen molar-refractivity contribution in [2.45, 2.75) is 38.6 Å². The van der Waals surface area contributed by atoms with Gasteiger partial charge in [0.1, 0.15) is 0 Å². The first-order valence-corrected chi connectivity index (χ1v) is 8.12. The minimum atomic E-state index is 0.387. The summed E-state index contributed by atoms with van der Waals surface area (Å²) < 4.78 is 0. The SMILES string of the molecule is CC(CN=C(N)NCC1CCC1)N1CCc2ccccc21. The summed E-state index contributed by atoms with van der Waals surface area (Å²) in [6.07, 6.45) is 5.18. The molecular formula is C17H26N4. The van der Waals surface area contributed by atoms with Gasteiger partial charge in [0, 0.05) is 24.8 Å². The number of benzene rings is 1. The molecule has 1 aliphatic heterocycles. The maximum atomic E-state index is 5.96. The molecule has 1 aliphatic carbocycles. The zero-order chi connectivity index (χ0) is 14.7. The minimum Gasteiger partial charge on any atom is -0.370 e. The lowest BCUT2D eigenvalue weighted by atomic mass is 9.85. The van der Waals surface area contributed by atoms with Gasteiger partial charge in [0.15, 0.2) is 5.96 Å². The Morgan fingerprint density at radius 3 is 3.00 bits per heavy atom. The van der Waals surface area contributed by atoms with Gasteiger partial charge in [0.2, 0.25) is 0 Å². The molecule has 3 N–H and O–H groups in total. The highest BCUT2D eigenvalue weighted by atomic mass is 15.2. The van der Waals surface area contributed by atoms with Gasteiger partial charge < -0.3 is 16.0 Å². The normalized spacial score (nSPS) is 20.0. The van der Waals surface area contributed by atoms with E-state index in [9.17, 15) is 0 Å². The lowest BCUT2D eigenvalue weighted by molar-refractivity contribution is 0.315.